The molecule has 0 aromatic heterocycles. The van der Waals surface area contributed by atoms with Gasteiger partial charge in [-0.05, 0) is 113 Å². The van der Waals surface area contributed by atoms with Gasteiger partial charge in [0.2, 0.25) is 11.8 Å². The van der Waals surface area contributed by atoms with E-state index in [4.69, 9.17) is 14.6 Å². The molecule has 10 nitrogen and oxygen atoms in total. The predicted octanol–water partition coefficient (Wildman–Crippen LogP) is 7.56. The lowest BCUT2D eigenvalue weighted by Gasteiger charge is -2.54. The van der Waals surface area contributed by atoms with Crippen LogP contribution in [0.15, 0.2) is 97.1 Å². The second-order valence-corrected chi connectivity index (χ2v) is 17.9. The number of carbonyl (C=O) groups excluding carboxylic acids is 3. The number of imide groups is 1. The lowest BCUT2D eigenvalue weighted by Crippen LogP contribution is -2.51. The van der Waals surface area contributed by atoms with E-state index in [0.717, 1.165) is 74.6 Å². The molecule has 10 rings (SSSR count). The minimum Gasteiger partial charge on any atom is -0.508 e. The summed E-state index contributed by atoms with van der Waals surface area (Å²) in [6, 6.07) is 31.8. The van der Waals surface area contributed by atoms with Gasteiger partial charge < -0.3 is 24.4 Å². The van der Waals surface area contributed by atoms with Crippen molar-refractivity contribution in [3.05, 3.63) is 119 Å². The number of nitrogens with one attached hydrogen (secondary N) is 1. The lowest BCUT2D eigenvalue weighted by molar-refractivity contribution is -0.137. The Balaban J connectivity index is 0.000000241. The van der Waals surface area contributed by atoms with Gasteiger partial charge in [-0.1, -0.05) is 72.8 Å². The van der Waals surface area contributed by atoms with Gasteiger partial charge in [-0.15, -0.1) is 0 Å². The van der Waals surface area contributed by atoms with Gasteiger partial charge in [0.05, 0.1) is 19.3 Å². The van der Waals surface area contributed by atoms with E-state index in [1.54, 1.807) is 12.1 Å². The number of anilines is 1. The fourth-order valence-corrected chi connectivity index (χ4v) is 10.5. The van der Waals surface area contributed by atoms with Crippen LogP contribution >= 0.6 is 0 Å². The molecule has 4 fully saturated rings. The smallest absolute Gasteiger partial charge is 0.243 e. The molecule has 1 aliphatic carbocycles. The van der Waals surface area contributed by atoms with E-state index in [0.29, 0.717) is 37.0 Å². The fraction of sp³-hybridized carbons (Fsp3) is 0.460. The zero-order valence-electron chi connectivity index (χ0n) is 35.0. The van der Waals surface area contributed by atoms with Gasteiger partial charge in [-0.2, -0.15) is 0 Å². The molecule has 1 unspecified atom stereocenters. The largest absolute Gasteiger partial charge is 0.508 e. The number of ether oxygens (including phenoxy) is 2. The van der Waals surface area contributed by atoms with Crippen molar-refractivity contribution in [3.8, 4) is 17.2 Å². The summed E-state index contributed by atoms with van der Waals surface area (Å²) in [5, 5.41) is 11.6. The molecule has 5 heterocycles. The SMILES string of the molecule is CN(Cc1c(C=O)ccc2c1OCC21CCN(CC2CC3(CCN(c4ccccc4)CC3)C2)CC1)C1CCC(=O)NC1=O.Oc1ccc2c(c1)OCCC2.c1ccccc1. The molecule has 1 saturated carbocycles. The molecule has 0 radical (unpaired) electrons. The minimum atomic E-state index is -0.395. The number of rotatable bonds is 7. The third kappa shape index (κ3) is 9.40. The number of carbonyl (C=O) groups is 3. The number of benzene rings is 4. The van der Waals surface area contributed by atoms with Crippen molar-refractivity contribution >= 4 is 23.8 Å². The number of aldehydes is 1. The molecule has 4 aromatic rings. The summed E-state index contributed by atoms with van der Waals surface area (Å²) >= 11 is 0. The molecule has 2 spiro atoms. The first-order chi connectivity index (χ1) is 29.2. The Labute approximate surface area is 354 Å². The number of phenolic OH excluding ortho intramolecular Hbond substituents is 1. The van der Waals surface area contributed by atoms with E-state index in [1.165, 1.54) is 62.1 Å². The van der Waals surface area contributed by atoms with Gasteiger partial charge in [0.15, 0.2) is 6.29 Å². The Morgan fingerprint density at radius 2 is 1.55 bits per heavy atom. The first kappa shape index (κ1) is 41.5. The van der Waals surface area contributed by atoms with Crippen molar-refractivity contribution < 1.29 is 29.0 Å². The van der Waals surface area contributed by atoms with Crippen LogP contribution in [0.4, 0.5) is 5.69 Å². The number of phenols is 1. The zero-order chi connectivity index (χ0) is 41.5. The van der Waals surface area contributed by atoms with Crippen LogP contribution in [0.5, 0.6) is 17.2 Å². The predicted molar refractivity (Wildman–Crippen MR) is 234 cm³/mol. The highest BCUT2D eigenvalue weighted by atomic mass is 16.5. The molecule has 60 heavy (non-hydrogen) atoms. The van der Waals surface area contributed by atoms with Crippen LogP contribution in [0, 0.1) is 11.3 Å². The molecule has 4 aromatic carbocycles. The number of piperidine rings is 3. The van der Waals surface area contributed by atoms with Crippen molar-refractivity contribution in [1.29, 1.82) is 0 Å². The van der Waals surface area contributed by atoms with Crippen molar-refractivity contribution in [3.63, 3.8) is 0 Å². The van der Waals surface area contributed by atoms with Crippen molar-refractivity contribution in [2.24, 2.45) is 11.3 Å². The number of hydrogen-bond donors (Lipinski definition) is 2. The van der Waals surface area contributed by atoms with Crippen LogP contribution in [0.3, 0.4) is 0 Å². The summed E-state index contributed by atoms with van der Waals surface area (Å²) in [5.41, 5.74) is 5.81. The van der Waals surface area contributed by atoms with Gasteiger partial charge in [0.25, 0.3) is 0 Å². The van der Waals surface area contributed by atoms with Crippen LogP contribution in [-0.2, 0) is 28.0 Å². The van der Waals surface area contributed by atoms with Crippen LogP contribution in [-0.4, -0.2) is 92.0 Å². The summed E-state index contributed by atoms with van der Waals surface area (Å²) in [6.45, 7) is 7.58. The minimum absolute atomic E-state index is 0.0136. The normalized spacial score (nSPS) is 21.5. The highest BCUT2D eigenvalue weighted by Gasteiger charge is 2.48. The number of para-hydroxylation sites is 1. The Kier molecular flexibility index (Phi) is 12.9. The summed E-state index contributed by atoms with van der Waals surface area (Å²) in [5.74, 6) is 2.29. The topological polar surface area (TPSA) is 112 Å². The highest BCUT2D eigenvalue weighted by molar-refractivity contribution is 6.00. The number of nitrogens with zero attached hydrogens (tertiary/aromatic N) is 3. The second kappa shape index (κ2) is 18.6. The molecule has 316 valence electrons. The first-order valence-electron chi connectivity index (χ1n) is 22.0. The van der Waals surface area contributed by atoms with E-state index in [2.05, 4.69) is 51.5 Å². The maximum atomic E-state index is 12.5. The van der Waals surface area contributed by atoms with Crippen molar-refractivity contribution in [2.75, 3.05) is 57.9 Å². The lowest BCUT2D eigenvalue weighted by atomic mass is 9.57. The summed E-state index contributed by atoms with van der Waals surface area (Å²) in [4.78, 5) is 43.3. The summed E-state index contributed by atoms with van der Waals surface area (Å²) in [6.07, 6.45) is 11.4. The van der Waals surface area contributed by atoms with E-state index in [1.807, 2.05) is 60.5 Å². The molecule has 6 aliphatic rings. The first-order valence-corrected chi connectivity index (χ1v) is 22.0. The zero-order valence-corrected chi connectivity index (χ0v) is 35.0. The Hall–Kier alpha value is -5.19. The fourth-order valence-electron chi connectivity index (χ4n) is 10.5. The molecule has 2 amide bonds. The van der Waals surface area contributed by atoms with E-state index < -0.39 is 6.04 Å². The number of aryl methyl sites for hydroxylation is 1. The van der Waals surface area contributed by atoms with Crippen molar-refractivity contribution in [2.45, 2.75) is 82.2 Å². The summed E-state index contributed by atoms with van der Waals surface area (Å²) < 4.78 is 11.7. The monoisotopic (exact) mass is 812 g/mol. The highest BCUT2D eigenvalue weighted by Crippen LogP contribution is 2.54. The molecule has 5 aliphatic heterocycles. The summed E-state index contributed by atoms with van der Waals surface area (Å²) in [7, 11) is 1.88. The third-order valence-electron chi connectivity index (χ3n) is 13.9. The number of fused-ring (bicyclic) bond motifs is 3. The van der Waals surface area contributed by atoms with Crippen LogP contribution in [0.1, 0.15) is 84.8 Å². The number of hydrogen-bond acceptors (Lipinski definition) is 9. The number of amides is 2. The van der Waals surface area contributed by atoms with E-state index in [-0.39, 0.29) is 23.0 Å². The molecule has 10 heteroatoms. The van der Waals surface area contributed by atoms with Gasteiger partial charge in [0, 0.05) is 66.5 Å². The van der Waals surface area contributed by atoms with Crippen LogP contribution in [0.2, 0.25) is 0 Å². The molecule has 1 atom stereocenters. The Morgan fingerprint density at radius 3 is 2.23 bits per heavy atom. The van der Waals surface area contributed by atoms with Crippen LogP contribution in [0.25, 0.3) is 0 Å². The third-order valence-corrected chi connectivity index (χ3v) is 13.9. The number of aromatic hydroxyl groups is 1. The maximum absolute atomic E-state index is 12.5. The van der Waals surface area contributed by atoms with E-state index in [9.17, 15) is 14.4 Å². The van der Waals surface area contributed by atoms with E-state index >= 15 is 0 Å². The van der Waals surface area contributed by atoms with Crippen LogP contribution < -0.4 is 19.7 Å². The average molecular weight is 813 g/mol. The molecule has 2 N–H and O–H groups in total. The number of likely N-dealkylation sites (N-methyl/N-ethyl adjacent to an activating group) is 1. The molecular formula is C50H60N4O6. The Morgan fingerprint density at radius 1 is 0.850 bits per heavy atom. The van der Waals surface area contributed by atoms with Gasteiger partial charge >= 0.3 is 0 Å². The second-order valence-electron chi connectivity index (χ2n) is 17.9. The standard InChI is InChI=1S/C35H44N4O4.C9H10O2.C6H6/c1-37(30-9-10-31(41)36-33(30)42)22-28-26(23-40)7-8-29-32(28)43-24-35(29)13-15-38(16-14-35)21-25-19-34(20-25)11-17-39(18-12-34)27-5-3-2-4-6-27;10-8-4-3-7-2-1-5-11-9(7)6-8;1-2-4-6-5-3-1/h2-8,23,25,30H,9-22,24H2,1H3,(H,36,41,42);3-4,6,10H,1-2,5H2;1-6H. The van der Waals surface area contributed by atoms with Gasteiger partial charge in [-0.3, -0.25) is 24.6 Å². The Bertz CT molecular complexity index is 2060. The average Bonchev–Trinajstić information content (AvgIpc) is 3.63. The molecule has 0 bridgehead atoms. The maximum Gasteiger partial charge on any atom is 0.243 e. The molecular weight excluding hydrogens is 753 g/mol. The quantitative estimate of drug-likeness (QED) is 0.144. The number of likely N-dealkylation sites (tertiary alicyclic amines) is 1. The van der Waals surface area contributed by atoms with Crippen molar-refractivity contribution in [1.82, 2.24) is 15.1 Å². The molecule has 3 saturated heterocycles. The van der Waals surface area contributed by atoms with Gasteiger partial charge in [0.1, 0.15) is 17.2 Å². The van der Waals surface area contributed by atoms with Gasteiger partial charge in [-0.25, -0.2) is 0 Å².